The van der Waals surface area contributed by atoms with Crippen molar-refractivity contribution in [3.63, 3.8) is 0 Å². The van der Waals surface area contributed by atoms with Crippen LogP contribution in [0.5, 0.6) is 0 Å². The molecule has 2 heterocycles. The largest absolute Gasteiger partial charge is 0.431 e. The van der Waals surface area contributed by atoms with Crippen molar-refractivity contribution in [2.24, 2.45) is 28.6 Å². The molecule has 3 N–H and O–H groups in total. The highest BCUT2D eigenvalue weighted by molar-refractivity contribution is 5.27. The van der Waals surface area contributed by atoms with Crippen LogP contribution in [0, 0.1) is 28.6 Å². The second kappa shape index (κ2) is 9.16. The molecule has 5 fully saturated rings. The van der Waals surface area contributed by atoms with Gasteiger partial charge in [-0.25, -0.2) is 4.79 Å². The van der Waals surface area contributed by atoms with Gasteiger partial charge in [0, 0.05) is 17.9 Å². The maximum atomic E-state index is 12.4. The van der Waals surface area contributed by atoms with Crippen molar-refractivity contribution in [3.8, 4) is 0 Å². The molecular formula is C30H44O7. The van der Waals surface area contributed by atoms with Gasteiger partial charge in [0.15, 0.2) is 6.29 Å². The highest BCUT2D eigenvalue weighted by atomic mass is 16.7. The van der Waals surface area contributed by atoms with E-state index in [0.717, 1.165) is 63.4 Å². The first-order valence-electron chi connectivity index (χ1n) is 14.5. The zero-order chi connectivity index (χ0) is 26.2. The first-order chi connectivity index (χ1) is 17.5. The van der Waals surface area contributed by atoms with Crippen molar-refractivity contribution in [2.45, 2.75) is 127 Å². The molecule has 0 amide bonds. The number of aliphatic hydroxyl groups excluding tert-OH is 2. The van der Waals surface area contributed by atoms with E-state index in [1.54, 1.807) is 13.2 Å². The van der Waals surface area contributed by atoms with E-state index in [-0.39, 0.29) is 28.5 Å². The maximum Gasteiger partial charge on any atom is 0.335 e. The van der Waals surface area contributed by atoms with Gasteiger partial charge in [0.2, 0.25) is 0 Å². The molecule has 37 heavy (non-hydrogen) atoms. The van der Waals surface area contributed by atoms with E-state index < -0.39 is 30.2 Å². The van der Waals surface area contributed by atoms with E-state index in [2.05, 4.69) is 13.8 Å². The third-order valence-electron chi connectivity index (χ3n) is 11.9. The van der Waals surface area contributed by atoms with Gasteiger partial charge in [0.1, 0.15) is 6.10 Å². The zero-order valence-electron chi connectivity index (χ0n) is 22.5. The Morgan fingerprint density at radius 3 is 2.51 bits per heavy atom. The summed E-state index contributed by atoms with van der Waals surface area (Å²) >= 11 is 0. The van der Waals surface area contributed by atoms with Crippen LogP contribution in [0.1, 0.15) is 96.5 Å². The number of hydrogen-bond donors (Lipinski definition) is 3. The van der Waals surface area contributed by atoms with Gasteiger partial charge in [-0.2, -0.15) is 0 Å². The van der Waals surface area contributed by atoms with Crippen LogP contribution in [0.2, 0.25) is 0 Å². The topological polar surface area (TPSA) is 109 Å². The Bertz CT molecular complexity index is 1020. The number of ether oxygens (including phenoxy) is 2. The average Bonchev–Trinajstić information content (AvgIpc) is 3.14. The lowest BCUT2D eigenvalue weighted by Gasteiger charge is -2.63. The van der Waals surface area contributed by atoms with Gasteiger partial charge < -0.3 is 29.2 Å². The summed E-state index contributed by atoms with van der Waals surface area (Å²) in [6.07, 6.45) is 8.51. The summed E-state index contributed by atoms with van der Waals surface area (Å²) in [6, 6.07) is 3.41. The number of hydrogen-bond acceptors (Lipinski definition) is 7. The third-order valence-corrected chi connectivity index (χ3v) is 11.9. The quantitative estimate of drug-likeness (QED) is 0.519. The molecule has 206 valence electrons. The van der Waals surface area contributed by atoms with Crippen LogP contribution in [0.15, 0.2) is 27.6 Å². The Kier molecular flexibility index (Phi) is 6.43. The first kappa shape index (κ1) is 26.0. The van der Waals surface area contributed by atoms with Crippen molar-refractivity contribution in [1.82, 2.24) is 0 Å². The van der Waals surface area contributed by atoms with Crippen LogP contribution in [-0.2, 0) is 9.47 Å². The molecule has 1 saturated heterocycles. The number of fused-ring (bicyclic) bond motifs is 5. The summed E-state index contributed by atoms with van der Waals surface area (Å²) in [7, 11) is 0. The molecule has 7 heteroatoms. The van der Waals surface area contributed by atoms with Gasteiger partial charge in [-0.1, -0.05) is 13.8 Å². The fraction of sp³-hybridized carbons (Fsp3) is 0.833. The van der Waals surface area contributed by atoms with Gasteiger partial charge in [-0.05, 0) is 105 Å². The summed E-state index contributed by atoms with van der Waals surface area (Å²) in [6.45, 7) is 6.53. The summed E-state index contributed by atoms with van der Waals surface area (Å²) in [4.78, 5) is 11.5. The van der Waals surface area contributed by atoms with Crippen LogP contribution in [0.4, 0.5) is 0 Å². The molecule has 4 aliphatic carbocycles. The van der Waals surface area contributed by atoms with Gasteiger partial charge >= 0.3 is 5.63 Å². The summed E-state index contributed by atoms with van der Waals surface area (Å²) in [5.41, 5.74) is 0.00782. The Labute approximate surface area is 219 Å². The van der Waals surface area contributed by atoms with E-state index in [4.69, 9.17) is 13.9 Å². The predicted molar refractivity (Wildman–Crippen MR) is 137 cm³/mol. The zero-order valence-corrected chi connectivity index (χ0v) is 22.5. The summed E-state index contributed by atoms with van der Waals surface area (Å²) in [5, 5.41) is 32.6. The molecule has 12 atom stereocenters. The van der Waals surface area contributed by atoms with Gasteiger partial charge in [0.05, 0.1) is 30.2 Å². The Morgan fingerprint density at radius 1 is 0.973 bits per heavy atom. The molecule has 4 saturated carbocycles. The second-order valence-electron chi connectivity index (χ2n) is 13.4. The highest BCUT2D eigenvalue weighted by Crippen LogP contribution is 2.70. The summed E-state index contributed by atoms with van der Waals surface area (Å²) < 4.78 is 17.4. The summed E-state index contributed by atoms with van der Waals surface area (Å²) in [5.74, 6) is 1.56. The van der Waals surface area contributed by atoms with Crippen LogP contribution in [0.25, 0.3) is 0 Å². The first-order valence-corrected chi connectivity index (χ1v) is 14.5. The minimum absolute atomic E-state index is 0.106. The van der Waals surface area contributed by atoms with Crippen molar-refractivity contribution >= 4 is 0 Å². The molecule has 0 spiro atoms. The highest BCUT2D eigenvalue weighted by Gasteiger charge is 2.67. The minimum Gasteiger partial charge on any atom is -0.431 e. The molecule has 1 aliphatic heterocycles. The van der Waals surface area contributed by atoms with E-state index >= 15 is 0 Å². The van der Waals surface area contributed by atoms with Gasteiger partial charge in [-0.15, -0.1) is 0 Å². The second-order valence-corrected chi connectivity index (χ2v) is 13.4. The van der Waals surface area contributed by atoms with Crippen LogP contribution in [0.3, 0.4) is 0 Å². The van der Waals surface area contributed by atoms with Crippen LogP contribution >= 0.6 is 0 Å². The maximum absolute atomic E-state index is 12.4. The number of aliphatic hydroxyl groups is 3. The van der Waals surface area contributed by atoms with Crippen LogP contribution in [-0.4, -0.2) is 51.6 Å². The Morgan fingerprint density at radius 2 is 1.78 bits per heavy atom. The standard InChI is InChI=1S/C30H44O7/c1-17-27(33)24(31)15-26(36-17)37-20-8-11-28(2)19(14-20)5-6-23-22(28)9-12-29(3)21(10-13-30(23,29)34)18-4-7-25(32)35-16-18/h4,7,16-17,19-24,26-27,31,33-34H,5-6,8-15H2,1-3H3/t17-,19-,20-,21?,22+,23-,24-,26-,27+,28+,29-,30+/m1/s1. The van der Waals surface area contributed by atoms with Gasteiger partial charge in [-0.3, -0.25) is 0 Å². The van der Waals surface area contributed by atoms with Crippen molar-refractivity contribution in [3.05, 3.63) is 34.4 Å². The lowest BCUT2D eigenvalue weighted by molar-refractivity contribution is -0.270. The van der Waals surface area contributed by atoms with Gasteiger partial charge in [0.25, 0.3) is 0 Å². The molecule has 1 aromatic heterocycles. The van der Waals surface area contributed by atoms with Crippen molar-refractivity contribution < 1.29 is 29.2 Å². The Hall–Kier alpha value is -1.25. The average molecular weight is 517 g/mol. The van der Waals surface area contributed by atoms with E-state index in [9.17, 15) is 20.1 Å². The normalized spacial score (nSPS) is 51.7. The SMILES string of the molecule is C[C@H]1O[C@H](O[C@@H]2CC[C@@]3(C)[C@H](CC[C@@H]4[C@@H]3CC[C@]3(C)C(c5ccc(=O)oc5)CC[C@]43O)C2)C[C@@H](O)[C@H]1O. The minimum atomic E-state index is -0.858. The van der Waals surface area contributed by atoms with E-state index in [0.29, 0.717) is 24.2 Å². The molecule has 1 aromatic rings. The van der Waals surface area contributed by atoms with E-state index in [1.165, 1.54) is 6.07 Å². The molecule has 5 aliphatic rings. The number of rotatable bonds is 3. The lowest BCUT2D eigenvalue weighted by Crippen LogP contribution is -2.62. The fourth-order valence-corrected chi connectivity index (χ4v) is 9.74. The predicted octanol–water partition coefficient (Wildman–Crippen LogP) is 4.12. The Balaban J connectivity index is 1.16. The molecule has 0 aromatic carbocycles. The van der Waals surface area contributed by atoms with E-state index in [1.807, 2.05) is 6.07 Å². The molecule has 6 rings (SSSR count). The molecule has 1 unspecified atom stereocenters. The van der Waals surface area contributed by atoms with Crippen LogP contribution < -0.4 is 5.63 Å². The molecule has 7 nitrogen and oxygen atoms in total. The lowest BCUT2D eigenvalue weighted by atomic mass is 9.43. The molecule has 0 radical (unpaired) electrons. The molecular weight excluding hydrogens is 472 g/mol. The van der Waals surface area contributed by atoms with Crippen molar-refractivity contribution in [2.75, 3.05) is 0 Å². The molecule has 0 bridgehead atoms. The van der Waals surface area contributed by atoms with Crippen molar-refractivity contribution in [1.29, 1.82) is 0 Å². The third kappa shape index (κ3) is 3.98. The fourth-order valence-electron chi connectivity index (χ4n) is 9.74. The smallest absolute Gasteiger partial charge is 0.335 e. The monoisotopic (exact) mass is 516 g/mol.